The summed E-state index contributed by atoms with van der Waals surface area (Å²) in [5.74, 6) is -0.234. The van der Waals surface area contributed by atoms with Crippen molar-refractivity contribution in [3.8, 4) is 5.88 Å². The number of carbonyl (C=O) groups excluding carboxylic acids is 2. The summed E-state index contributed by atoms with van der Waals surface area (Å²) < 4.78 is 5.43. The van der Waals surface area contributed by atoms with Gasteiger partial charge < -0.3 is 9.84 Å². The first-order valence-electron chi connectivity index (χ1n) is 10.3. The fourth-order valence-electron chi connectivity index (χ4n) is 3.86. The number of hydrogen-bond donors (Lipinski definition) is 1. The predicted molar refractivity (Wildman–Crippen MR) is 125 cm³/mol. The topological polar surface area (TPSA) is 92.1 Å². The van der Waals surface area contributed by atoms with Crippen LogP contribution < -0.4 is 9.64 Å². The molecule has 0 aliphatic carbocycles. The zero-order valence-corrected chi connectivity index (χ0v) is 19.3. The maximum atomic E-state index is 13.3. The molecule has 0 radical (unpaired) electrons. The summed E-state index contributed by atoms with van der Waals surface area (Å²) in [7, 11) is 1.48. The van der Waals surface area contributed by atoms with Crippen LogP contribution in [0.1, 0.15) is 37.9 Å². The largest absolute Gasteiger partial charge is 0.503 e. The Morgan fingerprint density at radius 1 is 1.22 bits per heavy atom. The first-order valence-corrected chi connectivity index (χ1v) is 11.3. The molecule has 1 unspecified atom stereocenters. The van der Waals surface area contributed by atoms with Gasteiger partial charge in [0.2, 0.25) is 5.88 Å². The standard InChI is InChI=1S/C24H25N3O4S/c1-24(2,3)20(29)17-18(16-6-5-11-25-21(16)31-4)27(23(30)19(17)28)15-9-7-14(8-10-15)22-26-12-13-32-22/h5-11,18,28H,12-13H2,1-4H3. The SMILES string of the molecule is COc1ncccc1C1C(C(=O)C(C)(C)C)=C(O)C(=O)N1c1ccc(C2=NCCS2)cc1. The Balaban J connectivity index is 1.84. The molecule has 0 bridgehead atoms. The molecular weight excluding hydrogens is 426 g/mol. The number of aliphatic hydroxyl groups is 1. The van der Waals surface area contributed by atoms with Gasteiger partial charge in [-0.15, -0.1) is 11.8 Å². The number of nitrogens with zero attached hydrogens (tertiary/aromatic N) is 3. The second kappa shape index (κ2) is 8.43. The number of anilines is 1. The molecule has 0 spiro atoms. The maximum Gasteiger partial charge on any atom is 0.294 e. The van der Waals surface area contributed by atoms with E-state index in [4.69, 9.17) is 4.74 Å². The van der Waals surface area contributed by atoms with Gasteiger partial charge in [-0.05, 0) is 24.3 Å². The summed E-state index contributed by atoms with van der Waals surface area (Å²) in [4.78, 5) is 36.8. The number of ketones is 1. The monoisotopic (exact) mass is 451 g/mol. The van der Waals surface area contributed by atoms with Gasteiger partial charge in [0.25, 0.3) is 5.91 Å². The molecular formula is C24H25N3O4S. The van der Waals surface area contributed by atoms with Crippen molar-refractivity contribution in [2.75, 3.05) is 24.3 Å². The zero-order valence-electron chi connectivity index (χ0n) is 18.5. The summed E-state index contributed by atoms with van der Waals surface area (Å²) in [5, 5.41) is 11.8. The number of Topliss-reactive ketones (excluding diaryl/α,β-unsaturated/α-hetero) is 1. The van der Waals surface area contributed by atoms with Crippen LogP contribution in [0.25, 0.3) is 0 Å². The van der Waals surface area contributed by atoms with Crippen molar-refractivity contribution < 1.29 is 19.4 Å². The maximum absolute atomic E-state index is 13.3. The second-order valence-corrected chi connectivity index (χ2v) is 9.69. The van der Waals surface area contributed by atoms with Crippen molar-refractivity contribution in [2.45, 2.75) is 26.8 Å². The van der Waals surface area contributed by atoms with Crippen molar-refractivity contribution >= 4 is 34.2 Å². The molecule has 2 aliphatic rings. The molecule has 0 saturated carbocycles. The second-order valence-electron chi connectivity index (χ2n) is 8.60. The molecule has 2 aliphatic heterocycles. The number of thioether (sulfide) groups is 1. The number of amides is 1. The number of ether oxygens (including phenoxy) is 1. The molecule has 3 heterocycles. The molecule has 0 fully saturated rings. The lowest BCUT2D eigenvalue weighted by Crippen LogP contribution is -2.33. The highest BCUT2D eigenvalue weighted by Crippen LogP contribution is 2.45. The molecule has 166 valence electrons. The molecule has 1 aromatic carbocycles. The van der Waals surface area contributed by atoms with Crippen molar-refractivity contribution in [3.63, 3.8) is 0 Å². The van der Waals surface area contributed by atoms with Crippen molar-refractivity contribution in [1.29, 1.82) is 0 Å². The van der Waals surface area contributed by atoms with Crippen LogP contribution in [0.2, 0.25) is 0 Å². The van der Waals surface area contributed by atoms with Crippen LogP contribution in [-0.4, -0.2) is 46.2 Å². The van der Waals surface area contributed by atoms with Gasteiger partial charge in [-0.1, -0.05) is 32.9 Å². The van der Waals surface area contributed by atoms with Gasteiger partial charge in [-0.25, -0.2) is 4.98 Å². The van der Waals surface area contributed by atoms with Gasteiger partial charge in [0, 0.05) is 40.7 Å². The van der Waals surface area contributed by atoms with E-state index in [1.807, 2.05) is 24.3 Å². The van der Waals surface area contributed by atoms with E-state index >= 15 is 0 Å². The first kappa shape index (κ1) is 22.1. The van der Waals surface area contributed by atoms with E-state index in [-0.39, 0.29) is 17.2 Å². The van der Waals surface area contributed by atoms with Crippen LogP contribution in [-0.2, 0) is 9.59 Å². The average molecular weight is 452 g/mol. The number of aromatic nitrogens is 1. The molecule has 8 heteroatoms. The van der Waals surface area contributed by atoms with E-state index in [0.717, 1.165) is 22.9 Å². The molecule has 1 atom stereocenters. The Hall–Kier alpha value is -3.13. The predicted octanol–water partition coefficient (Wildman–Crippen LogP) is 4.10. The third-order valence-electron chi connectivity index (χ3n) is 5.40. The number of hydrogen-bond acceptors (Lipinski definition) is 7. The normalized spacial score (nSPS) is 18.9. The summed E-state index contributed by atoms with van der Waals surface area (Å²) in [5.41, 5.74) is 1.31. The molecule has 4 rings (SSSR count). The minimum absolute atomic E-state index is 0.0496. The van der Waals surface area contributed by atoms with E-state index in [1.54, 1.807) is 50.9 Å². The third-order valence-corrected chi connectivity index (χ3v) is 6.43. The molecule has 7 nitrogen and oxygen atoms in total. The molecule has 32 heavy (non-hydrogen) atoms. The molecule has 1 amide bonds. The Labute approximate surface area is 191 Å². The van der Waals surface area contributed by atoms with Crippen LogP contribution in [0.3, 0.4) is 0 Å². The number of pyridine rings is 1. The summed E-state index contributed by atoms with van der Waals surface area (Å²) in [6.45, 7) is 6.07. The molecule has 0 saturated heterocycles. The van der Waals surface area contributed by atoms with Crippen molar-refractivity contribution in [2.24, 2.45) is 10.4 Å². The highest BCUT2D eigenvalue weighted by atomic mass is 32.2. The van der Waals surface area contributed by atoms with Gasteiger partial charge in [0.1, 0.15) is 6.04 Å². The van der Waals surface area contributed by atoms with Crippen molar-refractivity contribution in [1.82, 2.24) is 4.98 Å². The summed E-state index contributed by atoms with van der Waals surface area (Å²) in [6, 6.07) is 10.0. The summed E-state index contributed by atoms with van der Waals surface area (Å²) in [6.07, 6.45) is 1.58. The smallest absolute Gasteiger partial charge is 0.294 e. The number of aliphatic imine (C=N–C) groups is 1. The lowest BCUT2D eigenvalue weighted by Gasteiger charge is -2.29. The number of carbonyl (C=O) groups is 2. The van der Waals surface area contributed by atoms with E-state index in [0.29, 0.717) is 11.3 Å². The van der Waals surface area contributed by atoms with Crippen LogP contribution in [0, 0.1) is 5.41 Å². The Bertz CT molecular complexity index is 1130. The number of benzene rings is 1. The lowest BCUT2D eigenvalue weighted by atomic mass is 9.82. The molecule has 2 aromatic rings. The van der Waals surface area contributed by atoms with Gasteiger partial charge in [-0.2, -0.15) is 0 Å². The van der Waals surface area contributed by atoms with Gasteiger partial charge >= 0.3 is 0 Å². The highest BCUT2D eigenvalue weighted by Gasteiger charge is 2.47. The van der Waals surface area contributed by atoms with E-state index < -0.39 is 23.1 Å². The highest BCUT2D eigenvalue weighted by molar-refractivity contribution is 8.14. The zero-order chi connectivity index (χ0) is 23.0. The Morgan fingerprint density at radius 2 is 1.94 bits per heavy atom. The quantitative estimate of drug-likeness (QED) is 0.736. The van der Waals surface area contributed by atoms with E-state index in [1.165, 1.54) is 12.0 Å². The van der Waals surface area contributed by atoms with Gasteiger partial charge in [0.05, 0.1) is 17.7 Å². The Morgan fingerprint density at radius 3 is 2.53 bits per heavy atom. The van der Waals surface area contributed by atoms with E-state index in [9.17, 15) is 14.7 Å². The molecule has 1 aromatic heterocycles. The number of rotatable bonds is 5. The van der Waals surface area contributed by atoms with Crippen LogP contribution in [0.15, 0.2) is 58.9 Å². The van der Waals surface area contributed by atoms with Crippen molar-refractivity contribution in [3.05, 3.63) is 65.1 Å². The Kier molecular flexibility index (Phi) is 5.81. The van der Waals surface area contributed by atoms with Crippen LogP contribution in [0.5, 0.6) is 5.88 Å². The lowest BCUT2D eigenvalue weighted by molar-refractivity contribution is -0.123. The van der Waals surface area contributed by atoms with Crippen LogP contribution >= 0.6 is 11.8 Å². The van der Waals surface area contributed by atoms with Gasteiger partial charge in [0.15, 0.2) is 11.5 Å². The molecule has 1 N–H and O–H groups in total. The fraction of sp³-hybridized carbons (Fsp3) is 0.333. The minimum Gasteiger partial charge on any atom is -0.503 e. The summed E-state index contributed by atoms with van der Waals surface area (Å²) >= 11 is 1.70. The number of aliphatic hydroxyl groups excluding tert-OH is 1. The first-order chi connectivity index (χ1) is 15.2. The van der Waals surface area contributed by atoms with Crippen LogP contribution in [0.4, 0.5) is 5.69 Å². The number of methoxy groups -OCH3 is 1. The average Bonchev–Trinajstić information content (AvgIpc) is 3.40. The van der Waals surface area contributed by atoms with E-state index in [2.05, 4.69) is 9.98 Å². The fourth-order valence-corrected chi connectivity index (χ4v) is 4.72. The van der Waals surface area contributed by atoms with Gasteiger partial charge in [-0.3, -0.25) is 19.5 Å². The minimum atomic E-state index is -0.859. The third kappa shape index (κ3) is 3.79.